The first-order valence-electron chi connectivity index (χ1n) is 8.42. The lowest BCUT2D eigenvalue weighted by molar-refractivity contribution is -0.106. The fourth-order valence-corrected chi connectivity index (χ4v) is 4.15. The van der Waals surface area contributed by atoms with Crippen LogP contribution in [0.5, 0.6) is 0 Å². The molecule has 2 N–H and O–H groups in total. The number of benzene rings is 1. The summed E-state index contributed by atoms with van der Waals surface area (Å²) < 4.78 is 43.9. The van der Waals surface area contributed by atoms with Crippen molar-refractivity contribution in [3.63, 3.8) is 0 Å². The minimum atomic E-state index is -4.15. The Morgan fingerprint density at radius 2 is 2.00 bits per heavy atom. The summed E-state index contributed by atoms with van der Waals surface area (Å²) in [5.41, 5.74) is 7.05. The van der Waals surface area contributed by atoms with Gasteiger partial charge in [0, 0.05) is 4.90 Å². The molecule has 3 aromatic rings. The minimum Gasteiger partial charge on any atom is -0.372 e. The zero-order valence-electron chi connectivity index (χ0n) is 15.0. The number of hydrogen-bond donors (Lipinski definition) is 1. The molecule has 0 saturated heterocycles. The first-order chi connectivity index (χ1) is 13.3. The third kappa shape index (κ3) is 5.80. The highest BCUT2D eigenvalue weighted by Gasteiger charge is 2.26. The molecule has 0 aliphatic carbocycles. The number of halogens is 3. The van der Waals surface area contributed by atoms with E-state index in [2.05, 4.69) is 15.0 Å². The highest BCUT2D eigenvalue weighted by molar-refractivity contribution is 7.99. The van der Waals surface area contributed by atoms with Crippen molar-refractivity contribution < 1.29 is 17.9 Å². The van der Waals surface area contributed by atoms with Crippen molar-refractivity contribution in [2.45, 2.75) is 35.7 Å². The Bertz CT molecular complexity index is 922. The number of aromatic nitrogens is 4. The summed E-state index contributed by atoms with van der Waals surface area (Å²) in [5.74, 6) is 0.132. The van der Waals surface area contributed by atoms with Gasteiger partial charge in [-0.2, -0.15) is 18.2 Å². The average molecular weight is 429 g/mol. The van der Waals surface area contributed by atoms with E-state index in [4.69, 9.17) is 10.5 Å². The lowest BCUT2D eigenvalue weighted by Crippen LogP contribution is -2.17. The molecule has 1 aromatic carbocycles. The molecule has 0 aliphatic heterocycles. The second-order valence-electron chi connectivity index (χ2n) is 6.03. The van der Waals surface area contributed by atoms with Gasteiger partial charge in [0.2, 0.25) is 5.95 Å². The van der Waals surface area contributed by atoms with E-state index in [1.165, 1.54) is 11.8 Å². The number of nitrogens with two attached hydrogens (primary N) is 1. The van der Waals surface area contributed by atoms with Crippen LogP contribution in [0.25, 0.3) is 11.2 Å². The van der Waals surface area contributed by atoms with Crippen LogP contribution in [0.15, 0.2) is 46.6 Å². The normalized spacial score (nSPS) is 13.6. The maximum atomic E-state index is 12.2. The average Bonchev–Trinajstić information content (AvgIpc) is 3.02. The molecule has 6 nitrogen and oxygen atoms in total. The van der Waals surface area contributed by atoms with Crippen LogP contribution < -0.4 is 5.73 Å². The van der Waals surface area contributed by atoms with Crippen LogP contribution in [0.1, 0.15) is 6.92 Å². The van der Waals surface area contributed by atoms with E-state index in [0.717, 1.165) is 4.90 Å². The van der Waals surface area contributed by atoms with Gasteiger partial charge in [-0.1, -0.05) is 38.5 Å². The van der Waals surface area contributed by atoms with Gasteiger partial charge in [-0.05, 0) is 19.1 Å². The summed E-state index contributed by atoms with van der Waals surface area (Å²) >= 11 is 1.44. The lowest BCUT2D eigenvalue weighted by Gasteiger charge is -2.14. The van der Waals surface area contributed by atoms with E-state index in [1.54, 1.807) is 17.8 Å². The van der Waals surface area contributed by atoms with Gasteiger partial charge in [-0.3, -0.25) is 0 Å². The van der Waals surface area contributed by atoms with Gasteiger partial charge in [-0.25, -0.2) is 9.97 Å². The molecule has 150 valence electrons. The van der Waals surface area contributed by atoms with Crippen LogP contribution in [0.2, 0.25) is 0 Å². The molecule has 0 amide bonds. The molecule has 0 spiro atoms. The molecule has 11 heteroatoms. The van der Waals surface area contributed by atoms with Crippen LogP contribution in [0, 0.1) is 0 Å². The van der Waals surface area contributed by atoms with Gasteiger partial charge in [0.1, 0.15) is 10.5 Å². The van der Waals surface area contributed by atoms with E-state index in [-0.39, 0.29) is 27.0 Å². The molecule has 0 aliphatic rings. The van der Waals surface area contributed by atoms with Crippen LogP contribution in [0.3, 0.4) is 0 Å². The van der Waals surface area contributed by atoms with Crippen LogP contribution in [-0.2, 0) is 11.3 Å². The van der Waals surface area contributed by atoms with E-state index in [1.807, 2.05) is 30.3 Å². The Morgan fingerprint density at radius 3 is 2.71 bits per heavy atom. The zero-order valence-corrected chi connectivity index (χ0v) is 16.8. The summed E-state index contributed by atoms with van der Waals surface area (Å²) in [6.45, 7) is 2.20. The largest absolute Gasteiger partial charge is 0.392 e. The van der Waals surface area contributed by atoms with Gasteiger partial charge < -0.3 is 15.0 Å². The van der Waals surface area contributed by atoms with Gasteiger partial charge >= 0.3 is 6.18 Å². The maximum absolute atomic E-state index is 12.2. The first kappa shape index (κ1) is 20.8. The van der Waals surface area contributed by atoms with Gasteiger partial charge in [0.05, 0.1) is 31.5 Å². The second kappa shape index (κ2) is 9.07. The number of hydrogen-bond acceptors (Lipinski definition) is 6. The molecule has 2 heterocycles. The Balaban J connectivity index is 1.69. The SMILES string of the molecule is CC(Cn1cnc2c(Sc3ccccc3)nc(N)nc21)OCPCC(F)(F)F. The first-order valence-corrected chi connectivity index (χ1v) is 10.7. The smallest absolute Gasteiger partial charge is 0.372 e. The number of nitrogens with zero attached hydrogens (tertiary/aromatic N) is 4. The Morgan fingerprint density at radius 1 is 1.25 bits per heavy atom. The summed E-state index contributed by atoms with van der Waals surface area (Å²) in [4.78, 5) is 14.0. The third-order valence-electron chi connectivity index (χ3n) is 3.66. The van der Waals surface area contributed by atoms with Crippen LogP contribution in [-0.4, -0.2) is 44.3 Å². The summed E-state index contributed by atoms with van der Waals surface area (Å²) in [6.07, 6.45) is -3.57. The molecular formula is C17H19F3N5OPS. The molecule has 28 heavy (non-hydrogen) atoms. The number of fused-ring (bicyclic) bond motifs is 1. The van der Waals surface area contributed by atoms with Crippen LogP contribution >= 0.6 is 20.3 Å². The fourth-order valence-electron chi connectivity index (χ4n) is 2.46. The predicted octanol–water partition coefficient (Wildman–Crippen LogP) is 4.16. The Hall–Kier alpha value is -1.90. The molecule has 0 radical (unpaired) electrons. The summed E-state index contributed by atoms with van der Waals surface area (Å²) in [5, 5.41) is 0.646. The van der Waals surface area contributed by atoms with E-state index in [9.17, 15) is 13.2 Å². The number of imidazole rings is 1. The van der Waals surface area contributed by atoms with Crippen molar-refractivity contribution in [3.8, 4) is 0 Å². The number of alkyl halides is 3. The number of nitrogen functional groups attached to an aromatic ring is 1. The Labute approximate surface area is 165 Å². The van der Waals surface area contributed by atoms with Gasteiger partial charge in [0.25, 0.3) is 0 Å². The molecule has 2 unspecified atom stereocenters. The number of anilines is 1. The fraction of sp³-hybridized carbons (Fsp3) is 0.353. The standard InChI is InChI=1S/C17H19F3N5OPS/c1-11(26-10-27-8-17(18,19)20)7-25-9-22-13-14(25)23-16(21)24-15(13)28-12-5-3-2-4-6-12/h2-6,9,11,27H,7-8,10H2,1H3,(H2,21,23,24). The molecule has 3 rings (SSSR count). The molecule has 2 atom stereocenters. The van der Waals surface area contributed by atoms with Crippen molar-refractivity contribution in [3.05, 3.63) is 36.7 Å². The minimum absolute atomic E-state index is 0.0690. The molecule has 0 fully saturated rings. The van der Waals surface area contributed by atoms with E-state index < -0.39 is 12.3 Å². The van der Waals surface area contributed by atoms with Crippen molar-refractivity contribution in [2.24, 2.45) is 0 Å². The van der Waals surface area contributed by atoms with Crippen molar-refractivity contribution >= 4 is 37.5 Å². The Kier molecular flexibility index (Phi) is 6.74. The molecule has 0 saturated carbocycles. The van der Waals surface area contributed by atoms with E-state index in [0.29, 0.717) is 22.7 Å². The summed E-state index contributed by atoms with van der Waals surface area (Å²) in [7, 11) is -0.315. The second-order valence-corrected chi connectivity index (χ2v) is 8.24. The van der Waals surface area contributed by atoms with Gasteiger partial charge in [0.15, 0.2) is 5.65 Å². The quantitative estimate of drug-likeness (QED) is 0.329. The summed E-state index contributed by atoms with van der Waals surface area (Å²) in [6, 6.07) is 9.72. The monoisotopic (exact) mass is 429 g/mol. The molecule has 2 aromatic heterocycles. The van der Waals surface area contributed by atoms with Crippen LogP contribution in [0.4, 0.5) is 19.1 Å². The highest BCUT2D eigenvalue weighted by atomic mass is 32.2. The zero-order chi connectivity index (χ0) is 20.1. The van der Waals surface area contributed by atoms with Crippen molar-refractivity contribution in [1.82, 2.24) is 19.5 Å². The van der Waals surface area contributed by atoms with Crippen molar-refractivity contribution in [1.29, 1.82) is 0 Å². The van der Waals surface area contributed by atoms with E-state index >= 15 is 0 Å². The number of rotatable bonds is 8. The predicted molar refractivity (Wildman–Crippen MR) is 105 cm³/mol. The maximum Gasteiger partial charge on any atom is 0.392 e. The number of ether oxygens (including phenoxy) is 1. The van der Waals surface area contributed by atoms with Crippen molar-refractivity contribution in [2.75, 3.05) is 18.2 Å². The lowest BCUT2D eigenvalue weighted by atomic mass is 10.4. The molecule has 0 bridgehead atoms. The molecular weight excluding hydrogens is 410 g/mol. The van der Waals surface area contributed by atoms with Gasteiger partial charge in [-0.15, -0.1) is 0 Å². The topological polar surface area (TPSA) is 78.9 Å². The third-order valence-corrected chi connectivity index (χ3v) is 5.66. The highest BCUT2D eigenvalue weighted by Crippen LogP contribution is 2.31.